The smallest absolute Gasteiger partial charge is 0.0351 e. The van der Waals surface area contributed by atoms with Gasteiger partial charge in [-0.3, -0.25) is 9.80 Å². The Morgan fingerprint density at radius 3 is 2.05 bits per heavy atom. The Morgan fingerprint density at radius 1 is 0.789 bits per heavy atom. The summed E-state index contributed by atoms with van der Waals surface area (Å²) in [6.07, 6.45) is 5.77. The second kappa shape index (κ2) is 4.99. The lowest BCUT2D eigenvalue weighted by molar-refractivity contribution is -0.0276. The topological polar surface area (TPSA) is 21.8 Å². The van der Waals surface area contributed by atoms with Crippen LogP contribution in [0.4, 0.5) is 0 Å². The normalized spacial score (nSPS) is 42.5. The lowest BCUT2D eigenvalue weighted by Crippen LogP contribution is -2.66. The molecule has 2 bridgehead atoms. The van der Waals surface area contributed by atoms with Crippen LogP contribution >= 0.6 is 0 Å². The van der Waals surface area contributed by atoms with E-state index in [9.17, 15) is 0 Å². The number of hydrogen-bond acceptors (Lipinski definition) is 4. The zero-order valence-corrected chi connectivity index (χ0v) is 12.2. The Balaban J connectivity index is 1.29. The first-order valence-corrected chi connectivity index (χ1v) is 8.22. The number of piperidine rings is 1. The van der Waals surface area contributed by atoms with Crippen molar-refractivity contribution in [3.8, 4) is 0 Å². The molecule has 4 heteroatoms. The Kier molecular flexibility index (Phi) is 3.30. The summed E-state index contributed by atoms with van der Waals surface area (Å²) in [6, 6.07) is 3.54. The van der Waals surface area contributed by atoms with Gasteiger partial charge in [0.15, 0.2) is 0 Å². The molecule has 0 saturated carbocycles. The zero-order valence-electron chi connectivity index (χ0n) is 12.2. The van der Waals surface area contributed by atoms with Gasteiger partial charge in [-0.1, -0.05) is 0 Å². The van der Waals surface area contributed by atoms with Crippen LogP contribution in [0.5, 0.6) is 0 Å². The van der Waals surface area contributed by atoms with Crippen molar-refractivity contribution in [2.45, 2.75) is 49.9 Å². The summed E-state index contributed by atoms with van der Waals surface area (Å²) in [7, 11) is 2.35. The molecule has 0 aromatic heterocycles. The zero-order chi connectivity index (χ0) is 12.8. The molecule has 4 aliphatic rings. The molecule has 4 fully saturated rings. The highest BCUT2D eigenvalue weighted by Crippen LogP contribution is 2.37. The highest BCUT2D eigenvalue weighted by atomic mass is 15.4. The number of nitrogens with zero attached hydrogens (tertiary/aromatic N) is 3. The first-order valence-electron chi connectivity index (χ1n) is 8.22. The molecular weight excluding hydrogens is 236 g/mol. The van der Waals surface area contributed by atoms with Crippen molar-refractivity contribution < 1.29 is 0 Å². The lowest BCUT2D eigenvalue weighted by atomic mass is 9.92. The first kappa shape index (κ1) is 12.6. The molecule has 4 nitrogen and oxygen atoms in total. The van der Waals surface area contributed by atoms with Gasteiger partial charge in [-0.25, -0.2) is 0 Å². The maximum Gasteiger partial charge on any atom is 0.0351 e. The monoisotopic (exact) mass is 264 g/mol. The Hall–Kier alpha value is -0.160. The summed E-state index contributed by atoms with van der Waals surface area (Å²) in [5, 5.41) is 3.46. The van der Waals surface area contributed by atoms with Gasteiger partial charge < -0.3 is 10.2 Å². The van der Waals surface area contributed by atoms with Crippen molar-refractivity contribution >= 4 is 0 Å². The van der Waals surface area contributed by atoms with E-state index in [1.165, 1.54) is 65.0 Å². The van der Waals surface area contributed by atoms with Gasteiger partial charge in [0, 0.05) is 63.4 Å². The number of rotatable bonds is 2. The molecule has 1 N–H and O–H groups in total. The molecule has 19 heavy (non-hydrogen) atoms. The number of piperazine rings is 1. The van der Waals surface area contributed by atoms with Gasteiger partial charge >= 0.3 is 0 Å². The fourth-order valence-electron chi connectivity index (χ4n) is 4.75. The van der Waals surface area contributed by atoms with Crippen LogP contribution in [0.3, 0.4) is 0 Å². The van der Waals surface area contributed by atoms with Crippen molar-refractivity contribution in [2.75, 3.05) is 46.3 Å². The SMILES string of the molecule is CN1C2CCC1CC(N1CC(N3CCNCC3)C1)C2. The quantitative estimate of drug-likeness (QED) is 0.769. The van der Waals surface area contributed by atoms with Gasteiger partial charge in [0.2, 0.25) is 0 Å². The second-order valence-corrected chi connectivity index (χ2v) is 7.07. The van der Waals surface area contributed by atoms with Crippen molar-refractivity contribution in [1.82, 2.24) is 20.0 Å². The average molecular weight is 264 g/mol. The van der Waals surface area contributed by atoms with Crippen molar-refractivity contribution in [3.63, 3.8) is 0 Å². The molecule has 2 unspecified atom stereocenters. The molecule has 108 valence electrons. The summed E-state index contributed by atoms with van der Waals surface area (Å²) in [5.74, 6) is 0. The summed E-state index contributed by atoms with van der Waals surface area (Å²) in [6.45, 7) is 7.58. The van der Waals surface area contributed by atoms with Crippen LogP contribution < -0.4 is 5.32 Å². The molecular formula is C15H28N4. The van der Waals surface area contributed by atoms with E-state index in [0.29, 0.717) is 0 Å². The number of nitrogens with one attached hydrogen (secondary N) is 1. The number of fused-ring (bicyclic) bond motifs is 2. The van der Waals surface area contributed by atoms with Crippen LogP contribution in [-0.2, 0) is 0 Å². The van der Waals surface area contributed by atoms with Crippen LogP contribution in [0.15, 0.2) is 0 Å². The Bertz CT molecular complexity index is 308. The van der Waals surface area contributed by atoms with E-state index < -0.39 is 0 Å². The van der Waals surface area contributed by atoms with E-state index in [4.69, 9.17) is 0 Å². The van der Waals surface area contributed by atoms with E-state index in [1.807, 2.05) is 0 Å². The largest absolute Gasteiger partial charge is 0.314 e. The molecule has 2 atom stereocenters. The predicted octanol–water partition coefficient (Wildman–Crippen LogP) is 0.201. The standard InChI is InChI=1S/C15H28N4/c1-17-12-2-3-13(17)9-14(8-12)19-10-15(11-19)18-6-4-16-5-7-18/h12-16H,2-11H2,1H3. The molecule has 0 aromatic rings. The molecule has 0 radical (unpaired) electrons. The molecule has 0 spiro atoms. The maximum absolute atomic E-state index is 3.46. The molecule has 4 aliphatic heterocycles. The van der Waals surface area contributed by atoms with E-state index in [-0.39, 0.29) is 0 Å². The second-order valence-electron chi connectivity index (χ2n) is 7.07. The summed E-state index contributed by atoms with van der Waals surface area (Å²) in [4.78, 5) is 8.14. The Morgan fingerprint density at radius 2 is 1.42 bits per heavy atom. The highest BCUT2D eigenvalue weighted by molar-refractivity contribution is 5.01. The fourth-order valence-corrected chi connectivity index (χ4v) is 4.75. The van der Waals surface area contributed by atoms with Crippen LogP contribution in [0, 0.1) is 0 Å². The molecule has 4 rings (SSSR count). The van der Waals surface area contributed by atoms with Gasteiger partial charge in [0.1, 0.15) is 0 Å². The van der Waals surface area contributed by atoms with Crippen LogP contribution in [-0.4, -0.2) is 85.2 Å². The lowest BCUT2D eigenvalue weighted by Gasteiger charge is -2.52. The van der Waals surface area contributed by atoms with Gasteiger partial charge in [-0.15, -0.1) is 0 Å². The molecule has 0 aromatic carbocycles. The highest BCUT2D eigenvalue weighted by Gasteiger charge is 2.44. The van der Waals surface area contributed by atoms with E-state index >= 15 is 0 Å². The summed E-state index contributed by atoms with van der Waals surface area (Å²) in [5.41, 5.74) is 0. The maximum atomic E-state index is 3.46. The Labute approximate surface area is 117 Å². The van der Waals surface area contributed by atoms with Crippen molar-refractivity contribution in [3.05, 3.63) is 0 Å². The van der Waals surface area contributed by atoms with Crippen LogP contribution in [0.2, 0.25) is 0 Å². The fraction of sp³-hybridized carbons (Fsp3) is 1.00. The summed E-state index contributed by atoms with van der Waals surface area (Å²) < 4.78 is 0. The van der Waals surface area contributed by atoms with Gasteiger partial charge in [0.05, 0.1) is 0 Å². The van der Waals surface area contributed by atoms with Gasteiger partial charge in [0.25, 0.3) is 0 Å². The molecule has 4 saturated heterocycles. The minimum absolute atomic E-state index is 0.861. The number of likely N-dealkylation sites (tertiary alicyclic amines) is 1. The van der Waals surface area contributed by atoms with Gasteiger partial charge in [-0.05, 0) is 32.7 Å². The predicted molar refractivity (Wildman–Crippen MR) is 77.4 cm³/mol. The van der Waals surface area contributed by atoms with Crippen LogP contribution in [0.25, 0.3) is 0 Å². The van der Waals surface area contributed by atoms with E-state index in [2.05, 4.69) is 27.1 Å². The van der Waals surface area contributed by atoms with Crippen molar-refractivity contribution in [2.24, 2.45) is 0 Å². The van der Waals surface area contributed by atoms with E-state index in [1.54, 1.807) is 0 Å². The molecule has 0 aliphatic carbocycles. The molecule has 4 heterocycles. The third-order valence-corrected chi connectivity index (χ3v) is 6.15. The first-order chi connectivity index (χ1) is 9.31. The number of hydrogen-bond donors (Lipinski definition) is 1. The van der Waals surface area contributed by atoms with Crippen LogP contribution in [0.1, 0.15) is 25.7 Å². The van der Waals surface area contributed by atoms with Crippen molar-refractivity contribution in [1.29, 1.82) is 0 Å². The van der Waals surface area contributed by atoms with Gasteiger partial charge in [-0.2, -0.15) is 0 Å². The minimum Gasteiger partial charge on any atom is -0.314 e. The third kappa shape index (κ3) is 2.23. The average Bonchev–Trinajstić information content (AvgIpc) is 2.62. The third-order valence-electron chi connectivity index (χ3n) is 6.15. The molecule has 0 amide bonds. The summed E-state index contributed by atoms with van der Waals surface area (Å²) >= 11 is 0. The van der Waals surface area contributed by atoms with E-state index in [0.717, 1.165) is 24.2 Å². The minimum atomic E-state index is 0.861.